The van der Waals surface area contributed by atoms with Gasteiger partial charge in [-0.05, 0) is 120 Å². The lowest BCUT2D eigenvalue weighted by Crippen LogP contribution is -2.26. The zero-order chi connectivity index (χ0) is 48.4. The molecule has 0 aliphatic heterocycles. The molecule has 0 saturated heterocycles. The smallest absolute Gasteiger partial charge is 0.164 e. The highest BCUT2D eigenvalue weighted by atomic mass is 15.1. The first-order valence-electron chi connectivity index (χ1n) is 25.1. The monoisotopic (exact) mass is 931 g/mol. The summed E-state index contributed by atoms with van der Waals surface area (Å²) in [4.78, 5) is 21.4. The van der Waals surface area contributed by atoms with Crippen molar-refractivity contribution in [3.8, 4) is 95.7 Å². The number of imidazole rings is 1. The number of benzene rings is 10. The first-order chi connectivity index (χ1) is 35.9. The fraction of sp³-hybridized carbons (Fsp3) is 0.0588. The van der Waals surface area contributed by atoms with Crippen LogP contribution >= 0.6 is 0 Å². The minimum atomic E-state index is -0.615. The second-order valence-electron chi connectivity index (χ2n) is 20.1. The summed E-state index contributed by atoms with van der Waals surface area (Å²) in [6.07, 6.45) is 0. The molecule has 2 heterocycles. The van der Waals surface area contributed by atoms with Crippen LogP contribution < -0.4 is 0 Å². The Bertz CT molecular complexity index is 4200. The van der Waals surface area contributed by atoms with Crippen LogP contribution in [0.3, 0.4) is 0 Å². The van der Waals surface area contributed by atoms with Crippen LogP contribution in [0.15, 0.2) is 237 Å². The normalized spacial score (nSPS) is 13.8. The number of para-hydroxylation sites is 3. The first kappa shape index (κ1) is 41.5. The van der Waals surface area contributed by atoms with Crippen molar-refractivity contribution in [1.29, 1.82) is 0 Å². The third-order valence-corrected chi connectivity index (χ3v) is 15.9. The van der Waals surface area contributed by atoms with Gasteiger partial charge in [0.25, 0.3) is 0 Å². The SMILES string of the molecule is CC1(C)c2ccccc2-c2c(-c3nc(-c4ccccc4)nc(-c4ccc5c(c4)C4(c6ccccc6-c6ccccc64)c4cc(-c6cccc(-c7nc8ccccc8n7-c7ccccc7)c6)ccc4-5)n3)cccc21. The van der Waals surface area contributed by atoms with E-state index < -0.39 is 5.41 Å². The summed E-state index contributed by atoms with van der Waals surface area (Å²) < 4.78 is 2.27. The highest BCUT2D eigenvalue weighted by Gasteiger charge is 2.52. The minimum Gasteiger partial charge on any atom is -0.292 e. The van der Waals surface area contributed by atoms with Crippen molar-refractivity contribution in [2.75, 3.05) is 0 Å². The second kappa shape index (κ2) is 15.6. The van der Waals surface area contributed by atoms with Gasteiger partial charge in [-0.25, -0.2) is 19.9 Å². The van der Waals surface area contributed by atoms with E-state index in [1.54, 1.807) is 0 Å². The summed E-state index contributed by atoms with van der Waals surface area (Å²) in [5.74, 6) is 2.85. The lowest BCUT2D eigenvalue weighted by Gasteiger charge is -2.31. The van der Waals surface area contributed by atoms with Crippen molar-refractivity contribution < 1.29 is 0 Å². The van der Waals surface area contributed by atoms with E-state index in [0.29, 0.717) is 17.5 Å². The van der Waals surface area contributed by atoms with Gasteiger partial charge in [0, 0.05) is 33.4 Å². The number of nitrogens with zero attached hydrogens (tertiary/aromatic N) is 5. The van der Waals surface area contributed by atoms with E-state index in [9.17, 15) is 0 Å². The molecule has 15 rings (SSSR count). The molecular formula is C68H45N5. The summed E-state index contributed by atoms with van der Waals surface area (Å²) in [6.45, 7) is 4.63. The summed E-state index contributed by atoms with van der Waals surface area (Å²) in [7, 11) is 0. The van der Waals surface area contributed by atoms with Crippen LogP contribution in [0.1, 0.15) is 47.2 Å². The van der Waals surface area contributed by atoms with Crippen LogP contribution in [-0.2, 0) is 10.8 Å². The molecule has 12 aromatic rings. The largest absolute Gasteiger partial charge is 0.292 e. The highest BCUT2D eigenvalue weighted by molar-refractivity contribution is 5.97. The van der Waals surface area contributed by atoms with Crippen molar-refractivity contribution in [3.05, 3.63) is 270 Å². The van der Waals surface area contributed by atoms with Crippen LogP contribution in [0.25, 0.3) is 107 Å². The predicted molar refractivity (Wildman–Crippen MR) is 295 cm³/mol. The Kier molecular flexibility index (Phi) is 8.85. The van der Waals surface area contributed by atoms with Crippen molar-refractivity contribution in [2.24, 2.45) is 0 Å². The van der Waals surface area contributed by atoms with Crippen LogP contribution in [-0.4, -0.2) is 24.5 Å². The zero-order valence-corrected chi connectivity index (χ0v) is 40.3. The van der Waals surface area contributed by atoms with Crippen molar-refractivity contribution in [1.82, 2.24) is 24.5 Å². The van der Waals surface area contributed by atoms with Gasteiger partial charge in [0.1, 0.15) is 5.82 Å². The maximum absolute atomic E-state index is 5.47. The Balaban J connectivity index is 0.927. The lowest BCUT2D eigenvalue weighted by atomic mass is 9.70. The van der Waals surface area contributed by atoms with Crippen LogP contribution in [0, 0.1) is 0 Å². The molecule has 0 fully saturated rings. The average Bonchev–Trinajstić information content (AvgIpc) is 4.26. The molecule has 342 valence electrons. The Morgan fingerprint density at radius 3 is 1.55 bits per heavy atom. The molecular weight excluding hydrogens is 887 g/mol. The fourth-order valence-electron chi connectivity index (χ4n) is 12.6. The van der Waals surface area contributed by atoms with Crippen LogP contribution in [0.4, 0.5) is 0 Å². The molecule has 0 unspecified atom stereocenters. The van der Waals surface area contributed by atoms with Crippen molar-refractivity contribution in [2.45, 2.75) is 24.7 Å². The Hall–Kier alpha value is -9.32. The van der Waals surface area contributed by atoms with Crippen molar-refractivity contribution >= 4 is 11.0 Å². The third-order valence-electron chi connectivity index (χ3n) is 15.9. The summed E-state index contributed by atoms with van der Waals surface area (Å²) in [6, 6.07) is 85.5. The molecule has 0 radical (unpaired) electrons. The third kappa shape index (κ3) is 5.97. The Labute approximate surface area is 423 Å². The number of hydrogen-bond donors (Lipinski definition) is 0. The maximum Gasteiger partial charge on any atom is 0.164 e. The average molecular weight is 932 g/mol. The summed E-state index contributed by atoms with van der Waals surface area (Å²) in [5, 5.41) is 0. The second-order valence-corrected chi connectivity index (χ2v) is 20.1. The van der Waals surface area contributed by atoms with Gasteiger partial charge in [0.05, 0.1) is 16.4 Å². The standard InChI is InChI=1S/C68H45N5/c1-67(2)54-29-12-11-27-52(54)62-53(28-18-32-57(62)67)65-71-63(42-19-5-3-6-20-42)70-64(72-65)45-36-38-51-50-37-35-44(40-58(50)68(59(51)41-45)55-30-13-9-25-48(55)49-26-10-14-31-56(49)68)43-21-17-22-46(39-43)66-69-60-33-15-16-34-61(60)73(66)47-23-7-4-8-24-47/h3-41H,1-2H3. The van der Waals surface area contributed by atoms with Crippen molar-refractivity contribution in [3.63, 3.8) is 0 Å². The number of hydrogen-bond acceptors (Lipinski definition) is 4. The van der Waals surface area contributed by atoms with E-state index in [1.807, 2.05) is 6.07 Å². The molecule has 0 saturated carbocycles. The van der Waals surface area contributed by atoms with E-state index >= 15 is 0 Å². The van der Waals surface area contributed by atoms with Gasteiger partial charge in [-0.1, -0.05) is 208 Å². The van der Waals surface area contributed by atoms with Gasteiger partial charge in [-0.2, -0.15) is 0 Å². The van der Waals surface area contributed by atoms with E-state index in [2.05, 4.69) is 249 Å². The molecule has 1 spiro atoms. The molecule has 0 atom stereocenters. The Morgan fingerprint density at radius 2 is 0.808 bits per heavy atom. The molecule has 0 amide bonds. The minimum absolute atomic E-state index is 0.166. The molecule has 2 aromatic heterocycles. The number of fused-ring (bicyclic) bond motifs is 14. The molecule has 3 aliphatic carbocycles. The lowest BCUT2D eigenvalue weighted by molar-refractivity contribution is 0.660. The summed E-state index contributed by atoms with van der Waals surface area (Å²) in [5.41, 5.74) is 23.6. The van der Waals surface area contributed by atoms with E-state index in [0.717, 1.165) is 55.9 Å². The van der Waals surface area contributed by atoms with Gasteiger partial charge in [-0.15, -0.1) is 0 Å². The summed E-state index contributed by atoms with van der Waals surface area (Å²) >= 11 is 0. The molecule has 0 N–H and O–H groups in total. The maximum atomic E-state index is 5.47. The van der Waals surface area contributed by atoms with Gasteiger partial charge in [0.15, 0.2) is 17.5 Å². The molecule has 5 heteroatoms. The topological polar surface area (TPSA) is 56.5 Å². The Morgan fingerprint density at radius 1 is 0.315 bits per heavy atom. The predicted octanol–water partition coefficient (Wildman–Crippen LogP) is 16.2. The van der Waals surface area contributed by atoms with E-state index in [1.165, 1.54) is 66.8 Å². The first-order valence-corrected chi connectivity index (χ1v) is 25.1. The van der Waals surface area contributed by atoms with Gasteiger partial charge >= 0.3 is 0 Å². The molecule has 5 nitrogen and oxygen atoms in total. The molecule has 10 aromatic carbocycles. The van der Waals surface area contributed by atoms with Gasteiger partial charge in [0.2, 0.25) is 0 Å². The van der Waals surface area contributed by atoms with Crippen LogP contribution in [0.5, 0.6) is 0 Å². The zero-order valence-electron chi connectivity index (χ0n) is 40.3. The van der Waals surface area contributed by atoms with E-state index in [-0.39, 0.29) is 5.41 Å². The van der Waals surface area contributed by atoms with Gasteiger partial charge < -0.3 is 0 Å². The quantitative estimate of drug-likeness (QED) is 0.167. The molecule has 73 heavy (non-hydrogen) atoms. The number of aromatic nitrogens is 5. The fourth-order valence-corrected chi connectivity index (χ4v) is 12.6. The van der Waals surface area contributed by atoms with E-state index in [4.69, 9.17) is 19.9 Å². The molecule has 3 aliphatic rings. The number of rotatable bonds is 6. The molecule has 0 bridgehead atoms. The highest BCUT2D eigenvalue weighted by Crippen LogP contribution is 2.63. The van der Waals surface area contributed by atoms with Gasteiger partial charge in [-0.3, -0.25) is 4.57 Å². The van der Waals surface area contributed by atoms with Crippen LogP contribution in [0.2, 0.25) is 0 Å².